The normalized spacial score (nSPS) is 12.6. The van der Waals surface area contributed by atoms with Crippen LogP contribution < -0.4 is 5.32 Å². The van der Waals surface area contributed by atoms with Gasteiger partial charge in [0.25, 0.3) is 0 Å². The number of fused-ring (bicyclic) bond motifs is 1. The number of rotatable bonds is 6. The van der Waals surface area contributed by atoms with E-state index in [0.29, 0.717) is 6.42 Å². The smallest absolute Gasteiger partial charge is 0.305 e. The Bertz CT molecular complexity index is 592. The highest BCUT2D eigenvalue weighted by atomic mass is 16.5. The summed E-state index contributed by atoms with van der Waals surface area (Å²) in [6, 6.07) is 8.24. The molecule has 1 heterocycles. The van der Waals surface area contributed by atoms with Gasteiger partial charge in [0.15, 0.2) is 0 Å². The second-order valence-corrected chi connectivity index (χ2v) is 4.87. The first-order valence-electron chi connectivity index (χ1n) is 6.85. The molecule has 1 unspecified atom stereocenters. The van der Waals surface area contributed by atoms with Crippen molar-refractivity contribution in [1.82, 2.24) is 14.9 Å². The first-order valence-corrected chi connectivity index (χ1v) is 6.85. The van der Waals surface area contributed by atoms with E-state index in [9.17, 15) is 4.79 Å². The third kappa shape index (κ3) is 3.17. The fourth-order valence-electron chi connectivity index (χ4n) is 2.30. The van der Waals surface area contributed by atoms with Crippen molar-refractivity contribution in [3.63, 3.8) is 0 Å². The molecule has 1 N–H and O–H groups in total. The van der Waals surface area contributed by atoms with Gasteiger partial charge in [-0.3, -0.25) is 4.79 Å². The third-order valence-electron chi connectivity index (χ3n) is 3.44. The minimum atomic E-state index is -0.165. The monoisotopic (exact) mass is 275 g/mol. The quantitative estimate of drug-likeness (QED) is 0.648. The van der Waals surface area contributed by atoms with Crippen molar-refractivity contribution in [1.29, 1.82) is 0 Å². The van der Waals surface area contributed by atoms with Crippen LogP contribution in [0.1, 0.15) is 31.6 Å². The molecule has 1 aromatic heterocycles. The minimum absolute atomic E-state index is 0.144. The van der Waals surface area contributed by atoms with Crippen molar-refractivity contribution in [2.24, 2.45) is 7.05 Å². The van der Waals surface area contributed by atoms with E-state index >= 15 is 0 Å². The number of imidazole rings is 1. The predicted molar refractivity (Wildman–Crippen MR) is 78.4 cm³/mol. The molecule has 0 spiro atoms. The van der Waals surface area contributed by atoms with Crippen molar-refractivity contribution >= 4 is 17.0 Å². The summed E-state index contributed by atoms with van der Waals surface area (Å²) in [5, 5.41) is 3.39. The lowest BCUT2D eigenvalue weighted by atomic mass is 10.2. The van der Waals surface area contributed by atoms with Crippen molar-refractivity contribution in [3.05, 3.63) is 30.1 Å². The molecular weight excluding hydrogens is 254 g/mol. The van der Waals surface area contributed by atoms with E-state index in [1.807, 2.05) is 25.2 Å². The van der Waals surface area contributed by atoms with Gasteiger partial charge >= 0.3 is 5.97 Å². The summed E-state index contributed by atoms with van der Waals surface area (Å²) in [4.78, 5) is 15.7. The zero-order valence-electron chi connectivity index (χ0n) is 12.2. The fraction of sp³-hybridized carbons (Fsp3) is 0.467. The summed E-state index contributed by atoms with van der Waals surface area (Å²) in [7, 11) is 3.44. The number of aromatic nitrogens is 2. The molecule has 2 aromatic rings. The van der Waals surface area contributed by atoms with E-state index < -0.39 is 0 Å². The molecule has 1 atom stereocenters. The Balaban J connectivity index is 1.95. The second kappa shape index (κ2) is 6.52. The van der Waals surface area contributed by atoms with Crippen molar-refractivity contribution in [2.75, 3.05) is 13.7 Å². The lowest BCUT2D eigenvalue weighted by Crippen LogP contribution is -2.23. The molecule has 2 rings (SSSR count). The number of hydrogen-bond donors (Lipinski definition) is 1. The molecule has 0 bridgehead atoms. The van der Waals surface area contributed by atoms with Crippen LogP contribution in [0.4, 0.5) is 0 Å². The number of nitrogens with one attached hydrogen (secondary N) is 1. The lowest BCUT2D eigenvalue weighted by molar-refractivity contribution is -0.140. The predicted octanol–water partition coefficient (Wildman–Crippen LogP) is 2.18. The van der Waals surface area contributed by atoms with Crippen LogP contribution in [0, 0.1) is 0 Å². The van der Waals surface area contributed by atoms with E-state index in [2.05, 4.69) is 32.6 Å². The van der Waals surface area contributed by atoms with Crippen molar-refractivity contribution in [2.45, 2.75) is 25.8 Å². The van der Waals surface area contributed by atoms with Crippen LogP contribution in [-0.2, 0) is 16.6 Å². The van der Waals surface area contributed by atoms with Gasteiger partial charge in [-0.05, 0) is 32.0 Å². The standard InChI is InChI=1S/C15H21N3O2/c1-11(16-10-6-9-14(19)20-3)15-17-12-7-4-5-8-13(12)18(15)2/h4-5,7-8,11,16H,6,9-10H2,1-3H3. The average molecular weight is 275 g/mol. The van der Waals surface area contributed by atoms with Crippen LogP contribution in [0.25, 0.3) is 11.0 Å². The fourth-order valence-corrected chi connectivity index (χ4v) is 2.30. The maximum atomic E-state index is 11.0. The van der Waals surface area contributed by atoms with Gasteiger partial charge in [0.1, 0.15) is 5.82 Å². The molecule has 108 valence electrons. The van der Waals surface area contributed by atoms with Gasteiger partial charge in [0.05, 0.1) is 24.2 Å². The molecular formula is C15H21N3O2. The third-order valence-corrected chi connectivity index (χ3v) is 3.44. The van der Waals surface area contributed by atoms with E-state index in [4.69, 9.17) is 0 Å². The number of carbonyl (C=O) groups excluding carboxylic acids is 1. The Morgan fingerprint density at radius 2 is 2.20 bits per heavy atom. The number of aryl methyl sites for hydroxylation is 1. The number of esters is 1. The summed E-state index contributed by atoms with van der Waals surface area (Å²) < 4.78 is 6.72. The van der Waals surface area contributed by atoms with Crippen LogP contribution in [-0.4, -0.2) is 29.2 Å². The van der Waals surface area contributed by atoms with E-state index in [1.54, 1.807) is 0 Å². The van der Waals surface area contributed by atoms with Crippen LogP contribution in [0.5, 0.6) is 0 Å². The Kier molecular flexibility index (Phi) is 4.74. The summed E-state index contributed by atoms with van der Waals surface area (Å²) >= 11 is 0. The van der Waals surface area contributed by atoms with Crippen LogP contribution >= 0.6 is 0 Å². The second-order valence-electron chi connectivity index (χ2n) is 4.87. The van der Waals surface area contributed by atoms with E-state index in [0.717, 1.165) is 29.8 Å². The molecule has 0 saturated heterocycles. The Hall–Kier alpha value is -1.88. The molecule has 1 aromatic carbocycles. The Morgan fingerprint density at radius 3 is 2.90 bits per heavy atom. The number of nitrogens with zero attached hydrogens (tertiary/aromatic N) is 2. The molecule has 0 radical (unpaired) electrons. The van der Waals surface area contributed by atoms with Gasteiger partial charge in [-0.25, -0.2) is 4.98 Å². The summed E-state index contributed by atoms with van der Waals surface area (Å²) in [5.41, 5.74) is 2.14. The molecule has 0 saturated carbocycles. The molecule has 5 heteroatoms. The number of ether oxygens (including phenoxy) is 1. The minimum Gasteiger partial charge on any atom is -0.469 e. The molecule has 0 fully saturated rings. The van der Waals surface area contributed by atoms with Gasteiger partial charge < -0.3 is 14.6 Å². The van der Waals surface area contributed by atoms with Gasteiger partial charge in [-0.2, -0.15) is 0 Å². The number of hydrogen-bond acceptors (Lipinski definition) is 4. The summed E-state index contributed by atoms with van der Waals surface area (Å²) in [5.74, 6) is 0.839. The zero-order chi connectivity index (χ0) is 14.5. The zero-order valence-corrected chi connectivity index (χ0v) is 12.2. The van der Waals surface area contributed by atoms with Gasteiger partial charge in [0, 0.05) is 13.5 Å². The maximum Gasteiger partial charge on any atom is 0.305 e. The van der Waals surface area contributed by atoms with Crippen LogP contribution in [0.15, 0.2) is 24.3 Å². The molecule has 0 aliphatic rings. The topological polar surface area (TPSA) is 56.1 Å². The van der Waals surface area contributed by atoms with Crippen molar-refractivity contribution in [3.8, 4) is 0 Å². The number of para-hydroxylation sites is 2. The Labute approximate surface area is 118 Å². The van der Waals surface area contributed by atoms with Gasteiger partial charge in [0.2, 0.25) is 0 Å². The Morgan fingerprint density at radius 1 is 1.45 bits per heavy atom. The van der Waals surface area contributed by atoms with E-state index in [1.165, 1.54) is 7.11 Å². The largest absolute Gasteiger partial charge is 0.469 e. The van der Waals surface area contributed by atoms with Gasteiger partial charge in [-0.1, -0.05) is 12.1 Å². The molecule has 0 aliphatic heterocycles. The van der Waals surface area contributed by atoms with Crippen LogP contribution in [0.2, 0.25) is 0 Å². The van der Waals surface area contributed by atoms with Crippen LogP contribution in [0.3, 0.4) is 0 Å². The van der Waals surface area contributed by atoms with Crippen molar-refractivity contribution < 1.29 is 9.53 Å². The first-order chi connectivity index (χ1) is 9.63. The number of benzene rings is 1. The van der Waals surface area contributed by atoms with E-state index in [-0.39, 0.29) is 12.0 Å². The molecule has 0 aliphatic carbocycles. The maximum absolute atomic E-state index is 11.0. The highest BCUT2D eigenvalue weighted by Gasteiger charge is 2.13. The molecule has 20 heavy (non-hydrogen) atoms. The summed E-state index contributed by atoms with van der Waals surface area (Å²) in [6.45, 7) is 2.85. The highest BCUT2D eigenvalue weighted by molar-refractivity contribution is 5.75. The number of carbonyl (C=O) groups is 1. The molecule has 5 nitrogen and oxygen atoms in total. The molecule has 0 amide bonds. The first kappa shape index (κ1) is 14.5. The SMILES string of the molecule is COC(=O)CCCNC(C)c1nc2ccccc2n1C. The number of methoxy groups -OCH3 is 1. The summed E-state index contributed by atoms with van der Waals surface area (Å²) in [6.07, 6.45) is 1.21. The highest BCUT2D eigenvalue weighted by Crippen LogP contribution is 2.18. The lowest BCUT2D eigenvalue weighted by Gasteiger charge is -2.13. The van der Waals surface area contributed by atoms with Gasteiger partial charge in [-0.15, -0.1) is 0 Å². The average Bonchev–Trinajstić information content (AvgIpc) is 2.81.